The van der Waals surface area contributed by atoms with Gasteiger partial charge in [-0.25, -0.2) is 0 Å². The molecule has 5 rings (SSSR count). The van der Waals surface area contributed by atoms with Crippen molar-refractivity contribution >= 4 is 33.9 Å². The van der Waals surface area contributed by atoms with Crippen molar-refractivity contribution in [3.05, 3.63) is 64.4 Å². The van der Waals surface area contributed by atoms with Crippen LogP contribution in [0.25, 0.3) is 10.8 Å². The molecule has 1 atom stereocenters. The molecule has 1 unspecified atom stereocenters. The highest BCUT2D eigenvalue weighted by Gasteiger charge is 2.33. The molecule has 7 heteroatoms. The summed E-state index contributed by atoms with van der Waals surface area (Å²) in [6.07, 6.45) is 1.70. The van der Waals surface area contributed by atoms with E-state index in [1.54, 1.807) is 18.4 Å². The molecule has 2 saturated heterocycles. The quantitative estimate of drug-likeness (QED) is 0.555. The Morgan fingerprint density at radius 2 is 1.74 bits per heavy atom. The Kier molecular flexibility index (Phi) is 6.83. The lowest BCUT2D eigenvalue weighted by Crippen LogP contribution is -2.52. The monoisotopic (exact) mass is 477 g/mol. The summed E-state index contributed by atoms with van der Waals surface area (Å²) in [5.74, 6) is 0.841. The van der Waals surface area contributed by atoms with E-state index in [-0.39, 0.29) is 17.7 Å². The summed E-state index contributed by atoms with van der Waals surface area (Å²) in [7, 11) is 1.64. The molecule has 0 bridgehead atoms. The van der Waals surface area contributed by atoms with Gasteiger partial charge in [0.2, 0.25) is 5.91 Å². The van der Waals surface area contributed by atoms with Crippen LogP contribution in [-0.4, -0.2) is 72.9 Å². The van der Waals surface area contributed by atoms with E-state index in [1.165, 1.54) is 4.88 Å². The second kappa shape index (κ2) is 10.2. The van der Waals surface area contributed by atoms with Crippen LogP contribution in [0, 0.1) is 5.92 Å². The third-order valence-corrected chi connectivity index (χ3v) is 7.90. The first-order chi connectivity index (χ1) is 16.6. The van der Waals surface area contributed by atoms with E-state index in [2.05, 4.69) is 22.4 Å². The van der Waals surface area contributed by atoms with Crippen LogP contribution in [0.1, 0.15) is 28.1 Å². The van der Waals surface area contributed by atoms with Crippen LogP contribution in [0.15, 0.2) is 53.9 Å². The van der Waals surface area contributed by atoms with Gasteiger partial charge in [0.05, 0.1) is 13.0 Å². The molecule has 178 valence electrons. The first kappa shape index (κ1) is 22.9. The lowest BCUT2D eigenvalue weighted by atomic mass is 9.94. The van der Waals surface area contributed by atoms with Gasteiger partial charge in [-0.2, -0.15) is 0 Å². The normalized spacial score (nSPS) is 19.4. The Hall–Kier alpha value is -2.90. The molecule has 6 nitrogen and oxygen atoms in total. The van der Waals surface area contributed by atoms with Gasteiger partial charge in [0.25, 0.3) is 5.91 Å². The van der Waals surface area contributed by atoms with Crippen LogP contribution in [0.5, 0.6) is 5.75 Å². The first-order valence-electron chi connectivity index (χ1n) is 12.0. The van der Waals surface area contributed by atoms with Crippen LogP contribution in [-0.2, 0) is 11.3 Å². The summed E-state index contributed by atoms with van der Waals surface area (Å²) < 4.78 is 5.48. The Morgan fingerprint density at radius 1 is 0.941 bits per heavy atom. The number of fused-ring (bicyclic) bond motifs is 1. The first-order valence-corrected chi connectivity index (χ1v) is 12.9. The molecule has 2 fully saturated rings. The minimum atomic E-state index is -0.119. The van der Waals surface area contributed by atoms with Gasteiger partial charge < -0.3 is 14.5 Å². The van der Waals surface area contributed by atoms with Crippen molar-refractivity contribution in [3.63, 3.8) is 0 Å². The average molecular weight is 478 g/mol. The summed E-state index contributed by atoms with van der Waals surface area (Å²) in [6, 6.07) is 15.8. The fourth-order valence-corrected chi connectivity index (χ4v) is 5.92. The highest BCUT2D eigenvalue weighted by Crippen LogP contribution is 2.30. The molecule has 3 aromatic rings. The van der Waals surface area contributed by atoms with E-state index in [0.717, 1.165) is 62.1 Å². The van der Waals surface area contributed by atoms with Crippen molar-refractivity contribution < 1.29 is 14.3 Å². The smallest absolute Gasteiger partial charge is 0.254 e. The van der Waals surface area contributed by atoms with E-state index in [9.17, 15) is 9.59 Å². The summed E-state index contributed by atoms with van der Waals surface area (Å²) >= 11 is 1.78. The highest BCUT2D eigenvalue weighted by atomic mass is 32.1. The molecule has 2 amide bonds. The van der Waals surface area contributed by atoms with Crippen LogP contribution in [0.4, 0.5) is 0 Å². The zero-order chi connectivity index (χ0) is 23.5. The summed E-state index contributed by atoms with van der Waals surface area (Å²) in [6.45, 7) is 5.47. The number of benzene rings is 2. The molecule has 2 aromatic carbocycles. The molecule has 1 aromatic heterocycles. The van der Waals surface area contributed by atoms with Gasteiger partial charge in [0.15, 0.2) is 0 Å². The molecule has 0 aliphatic carbocycles. The molecule has 0 saturated carbocycles. The highest BCUT2D eigenvalue weighted by molar-refractivity contribution is 7.09. The van der Waals surface area contributed by atoms with Crippen molar-refractivity contribution in [2.24, 2.45) is 5.92 Å². The number of likely N-dealkylation sites (tertiary alicyclic amines) is 1. The molecule has 2 aliphatic rings. The van der Waals surface area contributed by atoms with Crippen LogP contribution in [0.2, 0.25) is 0 Å². The van der Waals surface area contributed by atoms with Gasteiger partial charge in [0.1, 0.15) is 5.75 Å². The number of nitrogens with zero attached hydrogens (tertiary/aromatic N) is 3. The third kappa shape index (κ3) is 4.68. The van der Waals surface area contributed by atoms with Gasteiger partial charge in [-0.1, -0.05) is 30.3 Å². The minimum Gasteiger partial charge on any atom is -0.496 e. The summed E-state index contributed by atoms with van der Waals surface area (Å²) in [5.41, 5.74) is 0.673. The summed E-state index contributed by atoms with van der Waals surface area (Å²) in [4.78, 5) is 34.5. The Morgan fingerprint density at radius 3 is 2.47 bits per heavy atom. The number of ether oxygens (including phenoxy) is 1. The van der Waals surface area contributed by atoms with Gasteiger partial charge in [0, 0.05) is 61.6 Å². The maximum Gasteiger partial charge on any atom is 0.254 e. The lowest BCUT2D eigenvalue weighted by Gasteiger charge is -2.39. The number of thiophene rings is 1. The van der Waals surface area contributed by atoms with Crippen molar-refractivity contribution in [2.75, 3.05) is 46.4 Å². The maximum absolute atomic E-state index is 13.5. The molecule has 3 heterocycles. The van der Waals surface area contributed by atoms with E-state index in [4.69, 9.17) is 4.74 Å². The Labute approximate surface area is 204 Å². The largest absolute Gasteiger partial charge is 0.496 e. The number of carbonyl (C=O) groups is 2. The molecule has 0 spiro atoms. The minimum absolute atomic E-state index is 0.00267. The van der Waals surface area contributed by atoms with Gasteiger partial charge in [-0.15, -0.1) is 11.3 Å². The standard InChI is InChI=1S/C27H31N3O3S/c1-33-25-11-10-24(22-8-2-3-9-23(22)25)27(32)30-12-4-6-20(18-30)26(31)29-15-13-28(14-16-29)19-21-7-5-17-34-21/h2-3,5,7-11,17,20H,4,6,12-16,18-19H2,1H3. The zero-order valence-electron chi connectivity index (χ0n) is 19.6. The van der Waals surface area contributed by atoms with Crippen molar-refractivity contribution in [3.8, 4) is 5.75 Å². The molecule has 0 radical (unpaired) electrons. The predicted molar refractivity (Wildman–Crippen MR) is 135 cm³/mol. The lowest BCUT2D eigenvalue weighted by molar-refractivity contribution is -0.138. The summed E-state index contributed by atoms with van der Waals surface area (Å²) in [5, 5.41) is 3.93. The van der Waals surface area contributed by atoms with E-state index in [0.29, 0.717) is 18.7 Å². The second-order valence-corrected chi connectivity index (χ2v) is 10.2. The van der Waals surface area contributed by atoms with Crippen LogP contribution < -0.4 is 4.74 Å². The molecular formula is C27H31N3O3S. The molecular weight excluding hydrogens is 446 g/mol. The number of amides is 2. The number of carbonyl (C=O) groups excluding carboxylic acids is 2. The number of hydrogen-bond acceptors (Lipinski definition) is 5. The fraction of sp³-hybridized carbons (Fsp3) is 0.407. The zero-order valence-corrected chi connectivity index (χ0v) is 20.4. The van der Waals surface area contributed by atoms with Gasteiger partial charge in [-0.3, -0.25) is 14.5 Å². The Bertz CT molecular complexity index is 1160. The Balaban J connectivity index is 1.23. The van der Waals surface area contributed by atoms with Gasteiger partial charge >= 0.3 is 0 Å². The number of methoxy groups -OCH3 is 1. The average Bonchev–Trinajstić information content (AvgIpc) is 3.41. The molecule has 0 N–H and O–H groups in total. The number of piperazine rings is 1. The third-order valence-electron chi connectivity index (χ3n) is 7.04. The van der Waals surface area contributed by atoms with Crippen molar-refractivity contribution in [2.45, 2.75) is 19.4 Å². The van der Waals surface area contributed by atoms with Crippen molar-refractivity contribution in [1.29, 1.82) is 0 Å². The van der Waals surface area contributed by atoms with E-state index >= 15 is 0 Å². The molecule has 2 aliphatic heterocycles. The predicted octanol–water partition coefficient (Wildman–Crippen LogP) is 4.11. The second-order valence-electron chi connectivity index (χ2n) is 9.13. The maximum atomic E-state index is 13.5. The number of rotatable bonds is 5. The van der Waals surface area contributed by atoms with E-state index in [1.807, 2.05) is 46.2 Å². The van der Waals surface area contributed by atoms with Gasteiger partial charge in [-0.05, 0) is 41.8 Å². The van der Waals surface area contributed by atoms with Crippen LogP contribution >= 0.6 is 11.3 Å². The number of hydrogen-bond donors (Lipinski definition) is 0. The molecule has 34 heavy (non-hydrogen) atoms. The topological polar surface area (TPSA) is 53.1 Å². The number of piperidine rings is 1. The van der Waals surface area contributed by atoms with Crippen molar-refractivity contribution in [1.82, 2.24) is 14.7 Å². The van der Waals surface area contributed by atoms with Crippen LogP contribution in [0.3, 0.4) is 0 Å². The van der Waals surface area contributed by atoms with E-state index < -0.39 is 0 Å². The SMILES string of the molecule is COc1ccc(C(=O)N2CCCC(C(=O)N3CCN(Cc4cccs4)CC3)C2)c2ccccc12. The fourth-order valence-electron chi connectivity index (χ4n) is 5.18.